The van der Waals surface area contributed by atoms with Gasteiger partial charge < -0.3 is 15.4 Å². The molecule has 0 saturated carbocycles. The summed E-state index contributed by atoms with van der Waals surface area (Å²) in [6.45, 7) is 12.4. The summed E-state index contributed by atoms with van der Waals surface area (Å²) in [5.41, 5.74) is 0. The molecule has 1 fully saturated rings. The van der Waals surface area contributed by atoms with Crippen LogP contribution in [0.15, 0.2) is 4.99 Å². The van der Waals surface area contributed by atoms with E-state index in [1.165, 1.54) is 25.9 Å². The number of aliphatic imine (C=N–C) groups is 1. The zero-order valence-electron chi connectivity index (χ0n) is 13.6. The lowest BCUT2D eigenvalue weighted by Crippen LogP contribution is -2.43. The van der Waals surface area contributed by atoms with Crippen molar-refractivity contribution in [1.82, 2.24) is 15.5 Å². The van der Waals surface area contributed by atoms with Crippen LogP contribution >= 0.6 is 0 Å². The highest BCUT2D eigenvalue weighted by atomic mass is 16.5. The minimum absolute atomic E-state index is 0.514. The van der Waals surface area contributed by atoms with Gasteiger partial charge in [0.2, 0.25) is 0 Å². The van der Waals surface area contributed by atoms with Crippen molar-refractivity contribution in [2.75, 3.05) is 46.4 Å². The van der Waals surface area contributed by atoms with E-state index in [4.69, 9.17) is 4.74 Å². The van der Waals surface area contributed by atoms with Crippen molar-refractivity contribution >= 4 is 5.96 Å². The first-order valence-electron chi connectivity index (χ1n) is 7.92. The van der Waals surface area contributed by atoms with E-state index in [2.05, 4.69) is 41.3 Å². The lowest BCUT2D eigenvalue weighted by molar-refractivity contribution is 0.150. The molecule has 2 N–H and O–H groups in total. The first-order valence-corrected chi connectivity index (χ1v) is 7.92. The third-order valence-electron chi connectivity index (χ3n) is 3.90. The molecule has 20 heavy (non-hydrogen) atoms. The number of hydrogen-bond acceptors (Lipinski definition) is 3. The predicted molar refractivity (Wildman–Crippen MR) is 85.3 cm³/mol. The fourth-order valence-electron chi connectivity index (χ4n) is 2.42. The first-order chi connectivity index (χ1) is 9.67. The highest BCUT2D eigenvalue weighted by Gasteiger charge is 2.19. The number of ether oxygens (including phenoxy) is 1. The molecule has 1 saturated heterocycles. The van der Waals surface area contributed by atoms with Crippen LogP contribution in [0, 0.1) is 5.92 Å². The molecule has 0 radical (unpaired) electrons. The first kappa shape index (κ1) is 17.2. The van der Waals surface area contributed by atoms with Crippen molar-refractivity contribution in [3.8, 4) is 0 Å². The van der Waals surface area contributed by atoms with E-state index in [-0.39, 0.29) is 0 Å². The van der Waals surface area contributed by atoms with Crippen LogP contribution in [0.25, 0.3) is 0 Å². The molecule has 0 aliphatic carbocycles. The second-order valence-corrected chi connectivity index (χ2v) is 5.71. The quantitative estimate of drug-likeness (QED) is 0.420. The molecule has 5 heteroatoms. The van der Waals surface area contributed by atoms with Gasteiger partial charge in [0.1, 0.15) is 0 Å². The van der Waals surface area contributed by atoms with E-state index >= 15 is 0 Å². The second kappa shape index (κ2) is 10.00. The summed E-state index contributed by atoms with van der Waals surface area (Å²) in [6, 6.07) is 0.514. The standard InChI is InChI=1S/C15H32N4O/c1-5-16-15(17-8-11-20-4)18-12-14(3)19-9-6-13(2)7-10-19/h13-14H,5-12H2,1-4H3,(H2,16,17,18). The van der Waals surface area contributed by atoms with Crippen LogP contribution in [-0.4, -0.2) is 63.3 Å². The SMILES string of the molecule is CCNC(=NCC(C)N1CCC(C)CC1)NCCOC. The van der Waals surface area contributed by atoms with Crippen LogP contribution < -0.4 is 10.6 Å². The molecular weight excluding hydrogens is 252 g/mol. The lowest BCUT2D eigenvalue weighted by atomic mass is 9.98. The van der Waals surface area contributed by atoms with Crippen molar-refractivity contribution in [3.63, 3.8) is 0 Å². The van der Waals surface area contributed by atoms with Gasteiger partial charge in [-0.1, -0.05) is 6.92 Å². The molecular formula is C15H32N4O. The van der Waals surface area contributed by atoms with Gasteiger partial charge in [-0.15, -0.1) is 0 Å². The van der Waals surface area contributed by atoms with Crippen LogP contribution in [0.1, 0.15) is 33.6 Å². The van der Waals surface area contributed by atoms with Gasteiger partial charge in [0.15, 0.2) is 5.96 Å². The Labute approximate surface area is 124 Å². The van der Waals surface area contributed by atoms with E-state index in [1.807, 2.05) is 0 Å². The van der Waals surface area contributed by atoms with Crippen LogP contribution in [0.3, 0.4) is 0 Å². The largest absolute Gasteiger partial charge is 0.383 e. The number of methoxy groups -OCH3 is 1. The molecule has 5 nitrogen and oxygen atoms in total. The maximum Gasteiger partial charge on any atom is 0.191 e. The maximum absolute atomic E-state index is 5.05. The third-order valence-corrected chi connectivity index (χ3v) is 3.90. The number of likely N-dealkylation sites (tertiary alicyclic amines) is 1. The van der Waals surface area contributed by atoms with Crippen molar-refractivity contribution in [2.24, 2.45) is 10.9 Å². The van der Waals surface area contributed by atoms with E-state index in [1.54, 1.807) is 7.11 Å². The van der Waals surface area contributed by atoms with Crippen LogP contribution in [0.5, 0.6) is 0 Å². The third kappa shape index (κ3) is 6.57. The normalized spacial score (nSPS) is 19.9. The minimum Gasteiger partial charge on any atom is -0.383 e. The van der Waals surface area contributed by atoms with Gasteiger partial charge in [0, 0.05) is 26.2 Å². The number of hydrogen-bond donors (Lipinski definition) is 2. The highest BCUT2D eigenvalue weighted by Crippen LogP contribution is 2.17. The van der Waals surface area contributed by atoms with Crippen LogP contribution in [-0.2, 0) is 4.74 Å². The van der Waals surface area contributed by atoms with Gasteiger partial charge in [-0.3, -0.25) is 9.89 Å². The zero-order chi connectivity index (χ0) is 14.8. The summed E-state index contributed by atoms with van der Waals surface area (Å²) in [5.74, 6) is 1.77. The van der Waals surface area contributed by atoms with E-state index in [9.17, 15) is 0 Å². The zero-order valence-corrected chi connectivity index (χ0v) is 13.6. The Balaban J connectivity index is 2.36. The molecule has 0 spiro atoms. The molecule has 1 atom stereocenters. The Kier molecular flexibility index (Phi) is 8.62. The molecule has 1 aliphatic heterocycles. The fraction of sp³-hybridized carbons (Fsp3) is 0.933. The number of piperidine rings is 1. The summed E-state index contributed by atoms with van der Waals surface area (Å²) in [5, 5.41) is 6.55. The van der Waals surface area contributed by atoms with Gasteiger partial charge in [0.05, 0.1) is 13.2 Å². The average Bonchev–Trinajstić information content (AvgIpc) is 2.45. The maximum atomic E-state index is 5.05. The summed E-state index contributed by atoms with van der Waals surface area (Å²) in [4.78, 5) is 7.23. The number of nitrogens with zero attached hydrogens (tertiary/aromatic N) is 2. The molecule has 1 rings (SSSR count). The Morgan fingerprint density at radius 1 is 1.35 bits per heavy atom. The Bertz CT molecular complexity index is 275. The van der Waals surface area contributed by atoms with Crippen molar-refractivity contribution in [3.05, 3.63) is 0 Å². The van der Waals surface area contributed by atoms with Crippen LogP contribution in [0.4, 0.5) is 0 Å². The lowest BCUT2D eigenvalue weighted by Gasteiger charge is -2.34. The van der Waals surface area contributed by atoms with E-state index in [0.717, 1.165) is 31.5 Å². The molecule has 0 amide bonds. The molecule has 0 aromatic carbocycles. The van der Waals surface area contributed by atoms with Gasteiger partial charge in [-0.05, 0) is 45.7 Å². The fourth-order valence-corrected chi connectivity index (χ4v) is 2.42. The molecule has 1 aliphatic rings. The highest BCUT2D eigenvalue weighted by molar-refractivity contribution is 5.79. The predicted octanol–water partition coefficient (Wildman–Crippen LogP) is 1.31. The molecule has 1 unspecified atom stereocenters. The van der Waals surface area contributed by atoms with Gasteiger partial charge in [0.25, 0.3) is 0 Å². The molecule has 0 aromatic heterocycles. The Hall–Kier alpha value is -0.810. The number of guanidine groups is 1. The van der Waals surface area contributed by atoms with Gasteiger partial charge in [-0.2, -0.15) is 0 Å². The molecule has 0 bridgehead atoms. The topological polar surface area (TPSA) is 48.9 Å². The summed E-state index contributed by atoms with van der Waals surface area (Å²) in [6.07, 6.45) is 2.64. The number of nitrogens with one attached hydrogen (secondary N) is 2. The molecule has 1 heterocycles. The summed E-state index contributed by atoms with van der Waals surface area (Å²) < 4.78 is 5.05. The van der Waals surface area contributed by atoms with Crippen molar-refractivity contribution in [1.29, 1.82) is 0 Å². The summed E-state index contributed by atoms with van der Waals surface area (Å²) >= 11 is 0. The monoisotopic (exact) mass is 284 g/mol. The molecule has 118 valence electrons. The van der Waals surface area contributed by atoms with Gasteiger partial charge >= 0.3 is 0 Å². The van der Waals surface area contributed by atoms with E-state index in [0.29, 0.717) is 12.6 Å². The smallest absolute Gasteiger partial charge is 0.191 e. The molecule has 0 aromatic rings. The Morgan fingerprint density at radius 3 is 2.65 bits per heavy atom. The average molecular weight is 284 g/mol. The van der Waals surface area contributed by atoms with Crippen LogP contribution in [0.2, 0.25) is 0 Å². The van der Waals surface area contributed by atoms with Gasteiger partial charge in [-0.25, -0.2) is 0 Å². The van der Waals surface area contributed by atoms with Crippen molar-refractivity contribution < 1.29 is 4.74 Å². The minimum atomic E-state index is 0.514. The Morgan fingerprint density at radius 2 is 2.05 bits per heavy atom. The van der Waals surface area contributed by atoms with Crippen molar-refractivity contribution in [2.45, 2.75) is 39.7 Å². The second-order valence-electron chi connectivity index (χ2n) is 5.71. The number of rotatable bonds is 7. The summed E-state index contributed by atoms with van der Waals surface area (Å²) in [7, 11) is 1.71. The van der Waals surface area contributed by atoms with E-state index < -0.39 is 0 Å².